The molecular weight excluding hydrogens is 252 g/mol. The highest BCUT2D eigenvalue weighted by molar-refractivity contribution is 8.07. The van der Waals surface area contributed by atoms with Gasteiger partial charge in [0.25, 0.3) is 0 Å². The van der Waals surface area contributed by atoms with Gasteiger partial charge in [-0.05, 0) is 30.8 Å². The molecule has 0 aliphatic heterocycles. The second-order valence-corrected chi connectivity index (χ2v) is 6.43. The van der Waals surface area contributed by atoms with E-state index in [4.69, 9.17) is 0 Å². The van der Waals surface area contributed by atoms with Crippen LogP contribution < -0.4 is 0 Å². The van der Waals surface area contributed by atoms with Crippen LogP contribution in [0.4, 0.5) is 0 Å². The zero-order chi connectivity index (χ0) is 12.2. The topological polar surface area (TPSA) is 34.1 Å². The molecule has 0 aromatic carbocycles. The predicted molar refractivity (Wildman–Crippen MR) is 71.8 cm³/mol. The van der Waals surface area contributed by atoms with Gasteiger partial charge in [-0.15, -0.1) is 23.5 Å². The number of thioether (sulfide) groups is 2. The van der Waals surface area contributed by atoms with Crippen LogP contribution in [-0.4, -0.2) is 24.1 Å². The lowest BCUT2D eigenvalue weighted by molar-refractivity contribution is -0.129. The number of Topliss-reactive ketones (excluding diaryl/α,β-unsaturated/α-hetero) is 2. The van der Waals surface area contributed by atoms with E-state index in [1.54, 1.807) is 0 Å². The highest BCUT2D eigenvalue weighted by Gasteiger charge is 2.55. The number of fused-ring (bicyclic) bond motifs is 5. The zero-order valence-corrected chi connectivity index (χ0v) is 11.4. The van der Waals surface area contributed by atoms with Crippen molar-refractivity contribution in [2.45, 2.75) is 6.42 Å². The molecule has 1 fully saturated rings. The molecule has 0 aromatic rings. The molecule has 17 heavy (non-hydrogen) atoms. The number of rotatable bonds is 2. The van der Waals surface area contributed by atoms with Crippen molar-refractivity contribution in [3.63, 3.8) is 0 Å². The number of carbonyl (C=O) groups is 2. The molecule has 0 aromatic heterocycles. The second-order valence-electron chi connectivity index (χ2n) is 4.79. The molecule has 4 atom stereocenters. The standard InChI is InChI=1S/C13H14O2S2/c1-16-12-10(14)8-6-3-4-7(5-6)9(8)11(15)13(12)17-2/h3-4,6-9H,5H2,1-2H3/t6-,7-,8-,9-/m0/s1. The first-order valence-electron chi connectivity index (χ1n) is 5.78. The van der Waals surface area contributed by atoms with Crippen molar-refractivity contribution in [2.24, 2.45) is 23.7 Å². The summed E-state index contributed by atoms with van der Waals surface area (Å²) in [5, 5.41) is 0. The first-order valence-corrected chi connectivity index (χ1v) is 8.23. The van der Waals surface area contributed by atoms with Crippen LogP contribution in [0.25, 0.3) is 0 Å². The van der Waals surface area contributed by atoms with Gasteiger partial charge in [0.1, 0.15) is 0 Å². The molecule has 0 unspecified atom stereocenters. The summed E-state index contributed by atoms with van der Waals surface area (Å²) in [5.74, 6) is 0.928. The zero-order valence-electron chi connectivity index (χ0n) is 9.80. The smallest absolute Gasteiger partial charge is 0.174 e. The summed E-state index contributed by atoms with van der Waals surface area (Å²) < 4.78 is 0. The molecule has 3 aliphatic carbocycles. The fraction of sp³-hybridized carbons (Fsp3) is 0.538. The van der Waals surface area contributed by atoms with Crippen molar-refractivity contribution in [1.29, 1.82) is 0 Å². The van der Waals surface area contributed by atoms with E-state index in [9.17, 15) is 9.59 Å². The van der Waals surface area contributed by atoms with E-state index in [0.29, 0.717) is 21.6 Å². The molecular formula is C13H14O2S2. The van der Waals surface area contributed by atoms with Gasteiger partial charge in [0.15, 0.2) is 11.6 Å². The summed E-state index contributed by atoms with van der Waals surface area (Å²) in [7, 11) is 0. The number of carbonyl (C=O) groups excluding carboxylic acids is 2. The maximum atomic E-state index is 12.5. The second kappa shape index (κ2) is 4.02. The van der Waals surface area contributed by atoms with E-state index in [-0.39, 0.29) is 23.4 Å². The first kappa shape index (κ1) is 11.6. The maximum Gasteiger partial charge on any atom is 0.174 e. The van der Waals surface area contributed by atoms with Gasteiger partial charge >= 0.3 is 0 Å². The quantitative estimate of drug-likeness (QED) is 0.719. The van der Waals surface area contributed by atoms with Crippen LogP contribution in [0, 0.1) is 23.7 Å². The molecule has 3 rings (SSSR count). The summed E-state index contributed by atoms with van der Waals surface area (Å²) in [6.45, 7) is 0. The molecule has 0 spiro atoms. The third kappa shape index (κ3) is 1.43. The number of allylic oxidation sites excluding steroid dienone is 4. The predicted octanol–water partition coefficient (Wildman–Crippen LogP) is 2.51. The molecule has 2 nitrogen and oxygen atoms in total. The van der Waals surface area contributed by atoms with Crippen LogP contribution in [0.1, 0.15) is 6.42 Å². The minimum absolute atomic E-state index is 0.0594. The SMILES string of the molecule is CSC1=C(SC)C(=O)[C@@H]2[C@@H](C1=O)[C@H]1C=C[C@H]2C1. The maximum absolute atomic E-state index is 12.5. The molecule has 4 heteroatoms. The minimum atomic E-state index is -0.0594. The Bertz CT molecular complexity index is 424. The molecule has 0 radical (unpaired) electrons. The van der Waals surface area contributed by atoms with Gasteiger partial charge in [-0.1, -0.05) is 12.2 Å². The number of hydrogen-bond acceptors (Lipinski definition) is 4. The Morgan fingerprint density at radius 2 is 1.35 bits per heavy atom. The van der Waals surface area contributed by atoms with Crippen LogP contribution in [-0.2, 0) is 9.59 Å². The molecule has 0 heterocycles. The van der Waals surface area contributed by atoms with Gasteiger partial charge in [-0.3, -0.25) is 9.59 Å². The lowest BCUT2D eigenvalue weighted by Crippen LogP contribution is -2.38. The van der Waals surface area contributed by atoms with Gasteiger partial charge < -0.3 is 0 Å². The van der Waals surface area contributed by atoms with Gasteiger partial charge in [-0.2, -0.15) is 0 Å². The van der Waals surface area contributed by atoms with E-state index in [1.807, 2.05) is 12.5 Å². The Morgan fingerprint density at radius 3 is 1.71 bits per heavy atom. The third-order valence-corrected chi connectivity index (χ3v) is 5.88. The monoisotopic (exact) mass is 266 g/mol. The Kier molecular flexibility index (Phi) is 2.75. The third-order valence-electron chi connectivity index (χ3n) is 4.13. The van der Waals surface area contributed by atoms with Crippen molar-refractivity contribution in [2.75, 3.05) is 12.5 Å². The van der Waals surface area contributed by atoms with Gasteiger partial charge in [0.05, 0.1) is 9.81 Å². The highest BCUT2D eigenvalue weighted by Crippen LogP contribution is 2.54. The van der Waals surface area contributed by atoms with Gasteiger partial charge in [0, 0.05) is 11.8 Å². The minimum Gasteiger partial charge on any atom is -0.293 e. The van der Waals surface area contributed by atoms with Crippen LogP contribution in [0.15, 0.2) is 22.0 Å². The number of hydrogen-bond donors (Lipinski definition) is 0. The average molecular weight is 266 g/mol. The average Bonchev–Trinajstić information content (AvgIpc) is 2.93. The van der Waals surface area contributed by atoms with E-state index >= 15 is 0 Å². The summed E-state index contributed by atoms with van der Waals surface area (Å²) >= 11 is 2.86. The van der Waals surface area contributed by atoms with Crippen molar-refractivity contribution in [3.05, 3.63) is 22.0 Å². The molecule has 0 N–H and O–H groups in total. The van der Waals surface area contributed by atoms with Crippen LogP contribution in [0.2, 0.25) is 0 Å². The summed E-state index contributed by atoms with van der Waals surface area (Å²) in [6, 6.07) is 0. The molecule has 1 saturated carbocycles. The van der Waals surface area contributed by atoms with E-state index in [1.165, 1.54) is 23.5 Å². The molecule has 0 saturated heterocycles. The van der Waals surface area contributed by atoms with Crippen molar-refractivity contribution in [1.82, 2.24) is 0 Å². The fourth-order valence-electron chi connectivity index (χ4n) is 3.45. The fourth-order valence-corrected chi connectivity index (χ4v) is 5.20. The molecule has 0 amide bonds. The molecule has 2 bridgehead atoms. The first-order chi connectivity index (χ1) is 8.19. The van der Waals surface area contributed by atoms with Crippen molar-refractivity contribution >= 4 is 35.1 Å². The Balaban J connectivity index is 2.10. The van der Waals surface area contributed by atoms with Crippen LogP contribution in [0.5, 0.6) is 0 Å². The lowest BCUT2D eigenvalue weighted by Gasteiger charge is -2.31. The largest absolute Gasteiger partial charge is 0.293 e. The summed E-state index contributed by atoms with van der Waals surface area (Å²) in [4.78, 5) is 26.3. The summed E-state index contributed by atoms with van der Waals surface area (Å²) in [5.41, 5.74) is 0. The summed E-state index contributed by atoms with van der Waals surface area (Å²) in [6.07, 6.45) is 9.05. The van der Waals surface area contributed by atoms with Crippen molar-refractivity contribution in [3.8, 4) is 0 Å². The van der Waals surface area contributed by atoms with Crippen LogP contribution in [0.3, 0.4) is 0 Å². The van der Waals surface area contributed by atoms with E-state index in [0.717, 1.165) is 6.42 Å². The lowest BCUT2D eigenvalue weighted by atomic mass is 9.74. The normalized spacial score (nSPS) is 39.2. The van der Waals surface area contributed by atoms with Gasteiger partial charge in [-0.25, -0.2) is 0 Å². The van der Waals surface area contributed by atoms with Gasteiger partial charge in [0.2, 0.25) is 0 Å². The molecule has 90 valence electrons. The number of ketones is 2. The Labute approximate surface area is 109 Å². The van der Waals surface area contributed by atoms with E-state index in [2.05, 4.69) is 12.2 Å². The Hall–Kier alpha value is -0.480. The van der Waals surface area contributed by atoms with E-state index < -0.39 is 0 Å². The highest BCUT2D eigenvalue weighted by atomic mass is 32.2. The van der Waals surface area contributed by atoms with Crippen LogP contribution >= 0.6 is 23.5 Å². The Morgan fingerprint density at radius 1 is 0.941 bits per heavy atom. The van der Waals surface area contributed by atoms with Crippen molar-refractivity contribution < 1.29 is 9.59 Å². The molecule has 3 aliphatic rings.